The second-order valence-corrected chi connectivity index (χ2v) is 17.5. The monoisotopic (exact) mass is 576 g/mol. The predicted octanol–water partition coefficient (Wildman–Crippen LogP) is 7.38. The predicted molar refractivity (Wildman–Crippen MR) is 178 cm³/mol. The summed E-state index contributed by atoms with van der Waals surface area (Å²) in [7, 11) is -1.04. The summed E-state index contributed by atoms with van der Waals surface area (Å²) in [5, 5.41) is 8.64. The van der Waals surface area contributed by atoms with Crippen LogP contribution in [0.1, 0.15) is 39.2 Å². The van der Waals surface area contributed by atoms with E-state index >= 15 is 0 Å². The van der Waals surface area contributed by atoms with Crippen LogP contribution in [0, 0.1) is 5.92 Å². The van der Waals surface area contributed by atoms with E-state index in [4.69, 9.17) is 4.74 Å². The normalized spacial score (nSPS) is 18.0. The molecule has 0 radical (unpaired) electrons. The highest BCUT2D eigenvalue weighted by Crippen LogP contribution is 2.50. The van der Waals surface area contributed by atoms with Gasteiger partial charge in [-0.05, 0) is 72.8 Å². The van der Waals surface area contributed by atoms with Gasteiger partial charge in [-0.1, -0.05) is 51.1 Å². The number of nitrogens with zero attached hydrogens (tertiary/aromatic N) is 2. The molecule has 2 aliphatic heterocycles. The lowest BCUT2D eigenvalue weighted by atomic mass is 9.87. The summed E-state index contributed by atoms with van der Waals surface area (Å²) in [5.74, 6) is 0.747. The maximum absolute atomic E-state index is 13.4. The Kier molecular flexibility index (Phi) is 8.88. The fourth-order valence-corrected chi connectivity index (χ4v) is 7.32. The number of amides is 2. The van der Waals surface area contributed by atoms with E-state index in [2.05, 4.69) is 115 Å². The van der Waals surface area contributed by atoms with Crippen LogP contribution in [-0.4, -0.2) is 75.6 Å². The smallest absolute Gasteiger partial charge is 0.323 e. The quantitative estimate of drug-likeness (QED) is 0.321. The standard InChI is InChI=1S/C34H48N4O2S/c1-34(2,3)26-11-14-32(41(4,5)6)30(23-26)36-33(39)35-29-12-13-31(28-10-8-7-9-27(28)29)38-17-15-25(16-18-38)24-37-19-21-40-22-20-37/h7-14,23,25H,15-22,24H2,1-6H3,(H2,35,36,39). The number of urea groups is 1. The van der Waals surface area contributed by atoms with E-state index in [0.29, 0.717) is 0 Å². The third-order valence-electron chi connectivity index (χ3n) is 8.48. The third kappa shape index (κ3) is 7.19. The number of rotatable bonds is 6. The van der Waals surface area contributed by atoms with Crippen LogP contribution in [-0.2, 0) is 10.2 Å². The first-order chi connectivity index (χ1) is 19.5. The van der Waals surface area contributed by atoms with E-state index in [-0.39, 0.29) is 11.4 Å². The number of nitrogens with one attached hydrogen (secondary N) is 2. The largest absolute Gasteiger partial charge is 0.379 e. The lowest BCUT2D eigenvalue weighted by Gasteiger charge is -2.37. The lowest BCUT2D eigenvalue weighted by Crippen LogP contribution is -2.43. The van der Waals surface area contributed by atoms with E-state index in [9.17, 15) is 4.79 Å². The second-order valence-electron chi connectivity index (χ2n) is 13.4. The number of fused-ring (bicyclic) bond motifs is 1. The Morgan fingerprint density at radius 1 is 0.878 bits per heavy atom. The molecule has 2 N–H and O–H groups in total. The molecule has 2 saturated heterocycles. The van der Waals surface area contributed by atoms with Crippen molar-refractivity contribution in [2.24, 2.45) is 5.92 Å². The zero-order valence-corrected chi connectivity index (χ0v) is 26.6. The van der Waals surface area contributed by atoms with Gasteiger partial charge in [-0.3, -0.25) is 4.90 Å². The first kappa shape index (κ1) is 29.7. The van der Waals surface area contributed by atoms with Crippen LogP contribution in [0.15, 0.2) is 59.5 Å². The van der Waals surface area contributed by atoms with E-state index in [1.54, 1.807) is 0 Å². The molecule has 7 heteroatoms. The van der Waals surface area contributed by atoms with Gasteiger partial charge in [0, 0.05) is 54.1 Å². The van der Waals surface area contributed by atoms with E-state index in [0.717, 1.165) is 62.1 Å². The first-order valence-electron chi connectivity index (χ1n) is 15.0. The topological polar surface area (TPSA) is 56.8 Å². The van der Waals surface area contributed by atoms with Crippen molar-refractivity contribution in [2.45, 2.75) is 43.9 Å². The molecule has 0 aliphatic carbocycles. The molecule has 0 unspecified atom stereocenters. The minimum Gasteiger partial charge on any atom is -0.379 e. The molecule has 0 aromatic heterocycles. The number of benzene rings is 3. The zero-order chi connectivity index (χ0) is 29.2. The molecule has 222 valence electrons. The van der Waals surface area contributed by atoms with Gasteiger partial charge in [-0.2, -0.15) is 0 Å². The average Bonchev–Trinajstić information content (AvgIpc) is 2.93. The van der Waals surface area contributed by atoms with E-state index in [1.807, 2.05) is 0 Å². The number of ether oxygens (including phenoxy) is 1. The SMILES string of the molecule is CC(C)(C)c1ccc(S(C)(C)C)c(NC(=O)Nc2ccc(N3CCC(CN4CCOCC4)CC3)c3ccccc23)c1. The van der Waals surface area contributed by atoms with Gasteiger partial charge in [0.15, 0.2) is 0 Å². The van der Waals surface area contributed by atoms with Gasteiger partial charge in [0.05, 0.1) is 24.6 Å². The van der Waals surface area contributed by atoms with Gasteiger partial charge in [0.2, 0.25) is 0 Å². The van der Waals surface area contributed by atoms with Crippen LogP contribution in [0.4, 0.5) is 21.9 Å². The van der Waals surface area contributed by atoms with Crippen molar-refractivity contribution in [1.29, 1.82) is 0 Å². The maximum atomic E-state index is 13.4. The summed E-state index contributed by atoms with van der Waals surface area (Å²) >= 11 is 0. The number of hydrogen-bond donors (Lipinski definition) is 2. The molecule has 2 aliphatic rings. The third-order valence-corrected chi connectivity index (χ3v) is 10.2. The zero-order valence-electron chi connectivity index (χ0n) is 25.8. The van der Waals surface area contributed by atoms with Crippen molar-refractivity contribution in [3.8, 4) is 0 Å². The molecule has 2 amide bonds. The van der Waals surface area contributed by atoms with Crippen LogP contribution in [0.2, 0.25) is 0 Å². The lowest BCUT2D eigenvalue weighted by molar-refractivity contribution is 0.0289. The molecule has 6 nitrogen and oxygen atoms in total. The van der Waals surface area contributed by atoms with Crippen molar-refractivity contribution in [3.63, 3.8) is 0 Å². The maximum Gasteiger partial charge on any atom is 0.323 e. The molecule has 2 fully saturated rings. The van der Waals surface area contributed by atoms with Gasteiger partial charge in [-0.15, -0.1) is 0 Å². The summed E-state index contributed by atoms with van der Waals surface area (Å²) in [6.45, 7) is 13.8. The highest BCUT2D eigenvalue weighted by Gasteiger charge is 2.24. The van der Waals surface area contributed by atoms with Gasteiger partial charge in [0.1, 0.15) is 0 Å². The molecular weight excluding hydrogens is 528 g/mol. The molecule has 41 heavy (non-hydrogen) atoms. The Labute approximate surface area is 248 Å². The minimum absolute atomic E-state index is 0.00165. The highest BCUT2D eigenvalue weighted by atomic mass is 32.3. The summed E-state index contributed by atoms with van der Waals surface area (Å²) in [5.41, 5.74) is 4.21. The van der Waals surface area contributed by atoms with Crippen molar-refractivity contribution < 1.29 is 9.53 Å². The van der Waals surface area contributed by atoms with Crippen molar-refractivity contribution >= 4 is 43.9 Å². The molecule has 3 aromatic rings. The number of morpholine rings is 1. The number of carbonyl (C=O) groups is 1. The molecule has 3 aromatic carbocycles. The molecule has 0 spiro atoms. The summed E-state index contributed by atoms with van der Waals surface area (Å²) < 4.78 is 5.52. The Morgan fingerprint density at radius 2 is 1.54 bits per heavy atom. The summed E-state index contributed by atoms with van der Waals surface area (Å²) in [6.07, 6.45) is 9.21. The second kappa shape index (κ2) is 12.2. The Morgan fingerprint density at radius 3 is 2.20 bits per heavy atom. The molecule has 2 heterocycles. The molecule has 0 saturated carbocycles. The van der Waals surface area contributed by atoms with Crippen LogP contribution < -0.4 is 15.5 Å². The van der Waals surface area contributed by atoms with Gasteiger partial charge in [0.25, 0.3) is 0 Å². The minimum atomic E-state index is -1.04. The van der Waals surface area contributed by atoms with Crippen LogP contribution in [0.5, 0.6) is 0 Å². The summed E-state index contributed by atoms with van der Waals surface area (Å²) in [6, 6.07) is 19.0. The van der Waals surface area contributed by atoms with Crippen molar-refractivity contribution in [3.05, 3.63) is 60.2 Å². The van der Waals surface area contributed by atoms with E-state index < -0.39 is 10.0 Å². The highest BCUT2D eigenvalue weighted by molar-refractivity contribution is 8.32. The Hall–Kier alpha value is -2.74. The van der Waals surface area contributed by atoms with Gasteiger partial charge in [-0.25, -0.2) is 14.8 Å². The van der Waals surface area contributed by atoms with Gasteiger partial charge < -0.3 is 20.3 Å². The summed E-state index contributed by atoms with van der Waals surface area (Å²) in [4.78, 5) is 19.7. The molecule has 0 bridgehead atoms. The van der Waals surface area contributed by atoms with Crippen LogP contribution in [0.25, 0.3) is 10.8 Å². The van der Waals surface area contributed by atoms with Crippen molar-refractivity contribution in [2.75, 3.05) is 80.2 Å². The number of piperidine rings is 1. The van der Waals surface area contributed by atoms with Crippen LogP contribution in [0.3, 0.4) is 0 Å². The fraction of sp³-hybridized carbons (Fsp3) is 0.500. The first-order valence-corrected chi connectivity index (χ1v) is 17.8. The van der Waals surface area contributed by atoms with E-state index in [1.165, 1.54) is 40.9 Å². The van der Waals surface area contributed by atoms with Crippen LogP contribution >= 0.6 is 10.0 Å². The molecular formula is C34H48N4O2S. The van der Waals surface area contributed by atoms with Gasteiger partial charge >= 0.3 is 6.03 Å². The number of hydrogen-bond acceptors (Lipinski definition) is 4. The molecule has 5 rings (SSSR count). The Bertz CT molecular complexity index is 1360. The molecule has 0 atom stereocenters. The fourth-order valence-electron chi connectivity index (χ4n) is 6.08. The average molecular weight is 577 g/mol. The number of anilines is 3. The Balaban J connectivity index is 1.31. The number of carbonyl (C=O) groups excluding carboxylic acids is 1. The van der Waals surface area contributed by atoms with Crippen molar-refractivity contribution in [1.82, 2.24) is 4.90 Å².